The number of aromatic hydroxyl groups is 1. The number of pyridine rings is 1. The Hall–Kier alpha value is -5.63. The average Bonchev–Trinajstić information content (AvgIpc) is 3.78. The molecule has 278 valence electrons. The smallest absolute Gasteiger partial charge is 0.328 e. The lowest BCUT2D eigenvalue weighted by Gasteiger charge is -2.34. The number of likely N-dealkylation sites (N-methyl/N-ethyl adjacent to an activating group) is 1. The molecule has 4 amide bonds. The number of amides is 4. The Morgan fingerprint density at radius 3 is 2.34 bits per heavy atom. The number of cyclic esters (lactones) is 1. The quantitative estimate of drug-likeness (QED) is 0.251. The molecule has 0 spiro atoms. The first kappa shape index (κ1) is 37.1. The predicted octanol–water partition coefficient (Wildman–Crippen LogP) is 1.78. The van der Waals surface area contributed by atoms with E-state index in [1.165, 1.54) is 35.1 Å². The summed E-state index contributed by atoms with van der Waals surface area (Å²) in [6.45, 7) is 3.62. The summed E-state index contributed by atoms with van der Waals surface area (Å²) in [5.74, 6) is -4.07. The molecule has 0 saturated carbocycles. The summed E-state index contributed by atoms with van der Waals surface area (Å²) >= 11 is 0. The van der Waals surface area contributed by atoms with Gasteiger partial charge in [-0.1, -0.05) is 67.6 Å². The maximum absolute atomic E-state index is 14.5. The van der Waals surface area contributed by atoms with E-state index in [1.807, 2.05) is 30.3 Å². The van der Waals surface area contributed by atoms with Gasteiger partial charge in [-0.2, -0.15) is 0 Å². The van der Waals surface area contributed by atoms with Crippen molar-refractivity contribution in [2.75, 3.05) is 20.1 Å². The van der Waals surface area contributed by atoms with E-state index in [2.05, 4.69) is 15.6 Å². The number of ketones is 1. The number of rotatable bonds is 6. The SMILES string of the molecule is CCC1NC(=O)C(NC(=O)c2ncccc2O)C(C)OC(=O)C(c2ccccc2)N2CC2C(=O)C(Cc2ccccc2)N(C)C(=O)C2CCCN2C1=O. The summed E-state index contributed by atoms with van der Waals surface area (Å²) in [5.41, 5.74) is 1.03. The normalized spacial score (nSPS) is 28.3. The van der Waals surface area contributed by atoms with Crippen LogP contribution in [0.3, 0.4) is 0 Å². The number of benzene rings is 2. The van der Waals surface area contributed by atoms with E-state index in [0.29, 0.717) is 18.4 Å². The van der Waals surface area contributed by atoms with Crippen molar-refractivity contribution in [3.8, 4) is 5.75 Å². The molecular formula is C39H44N6O8. The zero-order valence-corrected chi connectivity index (χ0v) is 29.9. The first-order chi connectivity index (χ1) is 25.5. The highest BCUT2D eigenvalue weighted by molar-refractivity contribution is 6.00. The molecule has 2 aromatic carbocycles. The zero-order valence-electron chi connectivity index (χ0n) is 29.9. The lowest BCUT2D eigenvalue weighted by atomic mass is 9.98. The largest absolute Gasteiger partial charge is 0.505 e. The minimum atomic E-state index is -1.54. The number of fused-ring (bicyclic) bond motifs is 2. The second kappa shape index (κ2) is 15.9. The van der Waals surface area contributed by atoms with Gasteiger partial charge >= 0.3 is 5.97 Å². The average molecular weight is 725 g/mol. The van der Waals surface area contributed by atoms with Crippen LogP contribution in [0.4, 0.5) is 0 Å². The lowest BCUT2D eigenvalue weighted by Crippen LogP contribution is -2.59. The Morgan fingerprint density at radius 2 is 1.66 bits per heavy atom. The molecular weight excluding hydrogens is 680 g/mol. The van der Waals surface area contributed by atoms with Crippen LogP contribution in [-0.4, -0.2) is 117 Å². The maximum Gasteiger partial charge on any atom is 0.328 e. The van der Waals surface area contributed by atoms with E-state index in [9.17, 15) is 33.9 Å². The number of carbonyl (C=O) groups excluding carboxylic acids is 6. The van der Waals surface area contributed by atoms with Gasteiger partial charge in [0.1, 0.15) is 36.0 Å². The standard InChI is InChI=1S/C39H44N6O8/c1-4-26-37(50)44-20-12-17-27(44)38(51)43(3)28(21-24-13-7-5-8-14-24)34(47)29-22-45(29)33(25-15-9-6-10-16-25)39(52)53-23(2)31(35(48)41-26)42-36(49)32-30(46)18-11-19-40-32/h5-11,13-16,18-19,23,26-29,31,33,46H,4,12,17,20-22H2,1-3H3,(H,41,48)(H,42,49). The molecule has 8 atom stereocenters. The van der Waals surface area contributed by atoms with E-state index < -0.39 is 77.7 Å². The highest BCUT2D eigenvalue weighted by atomic mass is 16.5. The number of hydrogen-bond acceptors (Lipinski definition) is 10. The summed E-state index contributed by atoms with van der Waals surface area (Å²) in [5, 5.41) is 15.6. The number of Topliss-reactive ketones (excluding diaryl/α,β-unsaturated/α-hetero) is 1. The van der Waals surface area contributed by atoms with Gasteiger partial charge in [0.25, 0.3) is 5.91 Å². The number of carbonyl (C=O) groups is 6. The topological polar surface area (TPSA) is 178 Å². The van der Waals surface area contributed by atoms with Crippen LogP contribution >= 0.6 is 0 Å². The van der Waals surface area contributed by atoms with Crippen molar-refractivity contribution in [2.45, 2.75) is 81.9 Å². The van der Waals surface area contributed by atoms with E-state index in [-0.39, 0.29) is 37.4 Å². The number of ether oxygens (including phenoxy) is 1. The second-order valence-corrected chi connectivity index (χ2v) is 13.7. The number of aromatic nitrogens is 1. The van der Waals surface area contributed by atoms with Gasteiger partial charge < -0.3 is 30.3 Å². The minimum Gasteiger partial charge on any atom is -0.505 e. The third-order valence-electron chi connectivity index (χ3n) is 10.3. The maximum atomic E-state index is 14.5. The fourth-order valence-corrected chi connectivity index (χ4v) is 7.25. The first-order valence-electron chi connectivity index (χ1n) is 17.9. The molecule has 0 bridgehead atoms. The monoisotopic (exact) mass is 724 g/mol. The van der Waals surface area contributed by atoms with Crippen molar-refractivity contribution < 1.29 is 38.6 Å². The minimum absolute atomic E-state index is 0.148. The second-order valence-electron chi connectivity index (χ2n) is 13.7. The number of nitrogens with one attached hydrogen (secondary N) is 2. The predicted molar refractivity (Wildman–Crippen MR) is 191 cm³/mol. The molecule has 3 aliphatic heterocycles. The first-order valence-corrected chi connectivity index (χ1v) is 17.9. The summed E-state index contributed by atoms with van der Waals surface area (Å²) < 4.78 is 5.94. The highest BCUT2D eigenvalue weighted by Crippen LogP contribution is 2.36. The van der Waals surface area contributed by atoms with Gasteiger partial charge in [0.15, 0.2) is 11.5 Å². The van der Waals surface area contributed by atoms with Crippen molar-refractivity contribution in [1.29, 1.82) is 0 Å². The molecule has 3 fully saturated rings. The molecule has 0 aliphatic carbocycles. The third-order valence-corrected chi connectivity index (χ3v) is 10.3. The van der Waals surface area contributed by atoms with E-state index in [0.717, 1.165) is 5.56 Å². The van der Waals surface area contributed by atoms with Crippen molar-refractivity contribution >= 4 is 35.4 Å². The molecule has 14 nitrogen and oxygen atoms in total. The Kier molecular flexibility index (Phi) is 11.2. The number of nitrogens with zero attached hydrogens (tertiary/aromatic N) is 4. The molecule has 53 heavy (non-hydrogen) atoms. The van der Waals surface area contributed by atoms with Crippen LogP contribution in [0, 0.1) is 0 Å². The Bertz CT molecular complexity index is 1860. The Balaban J connectivity index is 1.40. The molecule has 3 aromatic rings. The van der Waals surface area contributed by atoms with Crippen LogP contribution in [0.25, 0.3) is 0 Å². The Labute approximate surface area is 307 Å². The third kappa shape index (κ3) is 7.92. The van der Waals surface area contributed by atoms with Gasteiger partial charge in [-0.25, -0.2) is 9.78 Å². The van der Waals surface area contributed by atoms with Gasteiger partial charge in [0.05, 0.1) is 12.1 Å². The fraction of sp³-hybridized carbons (Fsp3) is 0.410. The molecule has 6 rings (SSSR count). The number of esters is 1. The summed E-state index contributed by atoms with van der Waals surface area (Å²) in [4.78, 5) is 92.9. The van der Waals surface area contributed by atoms with E-state index in [1.54, 1.807) is 49.2 Å². The molecule has 3 aliphatic rings. The molecule has 4 heterocycles. The highest BCUT2D eigenvalue weighted by Gasteiger charge is 2.52. The summed E-state index contributed by atoms with van der Waals surface area (Å²) in [7, 11) is 1.58. The molecule has 14 heteroatoms. The van der Waals surface area contributed by atoms with Crippen molar-refractivity contribution in [3.63, 3.8) is 0 Å². The lowest BCUT2D eigenvalue weighted by molar-refractivity contribution is -0.156. The van der Waals surface area contributed by atoms with E-state index >= 15 is 0 Å². The summed E-state index contributed by atoms with van der Waals surface area (Å²) in [6.07, 6.45) is 1.31. The van der Waals surface area contributed by atoms with Gasteiger partial charge in [-0.05, 0) is 49.4 Å². The van der Waals surface area contributed by atoms with Gasteiger partial charge in [-0.15, -0.1) is 0 Å². The molecule has 3 N–H and O–H groups in total. The zero-order chi connectivity index (χ0) is 37.8. The summed E-state index contributed by atoms with van der Waals surface area (Å²) in [6, 6.07) is 14.6. The van der Waals surface area contributed by atoms with Crippen molar-refractivity contribution in [1.82, 2.24) is 30.3 Å². The molecule has 0 radical (unpaired) electrons. The molecule has 1 aromatic heterocycles. The van der Waals surface area contributed by atoms with Crippen LogP contribution in [0.2, 0.25) is 0 Å². The van der Waals surface area contributed by atoms with Crippen molar-refractivity contribution in [2.24, 2.45) is 0 Å². The van der Waals surface area contributed by atoms with Crippen LogP contribution in [-0.2, 0) is 35.1 Å². The van der Waals surface area contributed by atoms with Crippen LogP contribution < -0.4 is 10.6 Å². The van der Waals surface area contributed by atoms with Crippen LogP contribution in [0.1, 0.15) is 60.8 Å². The van der Waals surface area contributed by atoms with Crippen LogP contribution in [0.15, 0.2) is 79.0 Å². The number of hydrogen-bond donors (Lipinski definition) is 3. The van der Waals surface area contributed by atoms with E-state index in [4.69, 9.17) is 4.74 Å². The van der Waals surface area contributed by atoms with Gasteiger partial charge in [0, 0.05) is 32.8 Å². The van der Waals surface area contributed by atoms with Crippen LogP contribution in [0.5, 0.6) is 5.75 Å². The molecule has 8 unspecified atom stereocenters. The molecule has 3 saturated heterocycles. The van der Waals surface area contributed by atoms with Gasteiger partial charge in [0.2, 0.25) is 17.7 Å². The van der Waals surface area contributed by atoms with Crippen molar-refractivity contribution in [3.05, 3.63) is 95.8 Å². The Morgan fingerprint density at radius 1 is 0.962 bits per heavy atom. The fourth-order valence-electron chi connectivity index (χ4n) is 7.25. The van der Waals surface area contributed by atoms with Gasteiger partial charge in [-0.3, -0.25) is 28.9 Å².